The van der Waals surface area contributed by atoms with Gasteiger partial charge in [0.05, 0.1) is 23.2 Å². The van der Waals surface area contributed by atoms with Crippen molar-refractivity contribution in [2.24, 2.45) is 0 Å². The molecule has 11 heteroatoms. The molecule has 0 aliphatic carbocycles. The number of fused-ring (bicyclic) bond motifs is 2. The van der Waals surface area contributed by atoms with Gasteiger partial charge in [-0.2, -0.15) is 0 Å². The summed E-state index contributed by atoms with van der Waals surface area (Å²) in [6.45, 7) is 0. The molecule has 4 rings (SSSR count). The first-order chi connectivity index (χ1) is 13.7. The van der Waals surface area contributed by atoms with E-state index >= 15 is 0 Å². The first-order valence-electron chi connectivity index (χ1n) is 8.89. The van der Waals surface area contributed by atoms with Gasteiger partial charge in [-0.25, -0.2) is 4.79 Å². The maximum atomic E-state index is 12.6. The van der Waals surface area contributed by atoms with Crippen LogP contribution in [0.3, 0.4) is 0 Å². The number of aliphatic hydroxyl groups excluding tert-OH is 2. The number of hydrogen-bond acceptors (Lipinski definition) is 6. The summed E-state index contributed by atoms with van der Waals surface area (Å²) in [7, 11) is -4.33. The summed E-state index contributed by atoms with van der Waals surface area (Å²) in [4.78, 5) is 45.2. The van der Waals surface area contributed by atoms with Crippen LogP contribution >= 0.6 is 7.60 Å². The van der Waals surface area contributed by atoms with Crippen LogP contribution in [0.25, 0.3) is 21.7 Å². The van der Waals surface area contributed by atoms with Gasteiger partial charge in [-0.1, -0.05) is 24.3 Å². The van der Waals surface area contributed by atoms with E-state index in [1.165, 1.54) is 0 Å². The van der Waals surface area contributed by atoms with E-state index in [0.29, 0.717) is 0 Å². The SMILES string of the molecule is O=c1[nH]c(=O)n([C@@H]2O[C@H](CCP(=O)(O)O)[C@@H](O)[C@H]2O)c2cc3ccccc3cc12. The Morgan fingerprint density at radius 3 is 2.38 bits per heavy atom. The molecule has 2 aromatic carbocycles. The van der Waals surface area contributed by atoms with Crippen molar-refractivity contribution in [1.82, 2.24) is 9.55 Å². The molecule has 1 fully saturated rings. The molecule has 0 spiro atoms. The molecule has 1 aliphatic heterocycles. The first-order valence-corrected chi connectivity index (χ1v) is 10.7. The van der Waals surface area contributed by atoms with Crippen LogP contribution in [0.2, 0.25) is 0 Å². The number of hydrogen-bond donors (Lipinski definition) is 5. The Morgan fingerprint density at radius 1 is 1.07 bits per heavy atom. The van der Waals surface area contributed by atoms with Crippen LogP contribution in [0.15, 0.2) is 46.0 Å². The van der Waals surface area contributed by atoms with E-state index in [9.17, 15) is 24.4 Å². The van der Waals surface area contributed by atoms with Crippen molar-refractivity contribution in [3.8, 4) is 0 Å². The van der Waals surface area contributed by atoms with Gasteiger partial charge in [0.15, 0.2) is 6.23 Å². The zero-order chi connectivity index (χ0) is 20.9. The quantitative estimate of drug-likeness (QED) is 0.291. The summed E-state index contributed by atoms with van der Waals surface area (Å²) in [5.41, 5.74) is -1.22. The molecular formula is C18H19N2O8P. The smallest absolute Gasteiger partial charge is 0.331 e. The largest absolute Gasteiger partial charge is 0.388 e. The van der Waals surface area contributed by atoms with E-state index in [1.807, 2.05) is 12.1 Å². The molecule has 0 amide bonds. The van der Waals surface area contributed by atoms with E-state index in [1.54, 1.807) is 24.3 Å². The molecule has 2 heterocycles. The van der Waals surface area contributed by atoms with Crippen molar-refractivity contribution in [1.29, 1.82) is 0 Å². The third-order valence-corrected chi connectivity index (χ3v) is 5.94. The fourth-order valence-electron chi connectivity index (χ4n) is 3.67. The minimum absolute atomic E-state index is 0.201. The molecule has 154 valence electrons. The summed E-state index contributed by atoms with van der Waals surface area (Å²) in [5.74, 6) is 0. The summed E-state index contributed by atoms with van der Waals surface area (Å²) in [6.07, 6.45) is -6.16. The summed E-state index contributed by atoms with van der Waals surface area (Å²) < 4.78 is 17.8. The number of rotatable bonds is 4. The van der Waals surface area contributed by atoms with Gasteiger partial charge in [0, 0.05) is 0 Å². The second-order valence-corrected chi connectivity index (χ2v) is 8.85. The zero-order valence-corrected chi connectivity index (χ0v) is 15.9. The number of benzene rings is 2. The molecule has 0 bridgehead atoms. The topological polar surface area (TPSA) is 162 Å². The number of H-pyrrole nitrogens is 1. The van der Waals surface area contributed by atoms with Crippen LogP contribution < -0.4 is 11.2 Å². The molecule has 10 nitrogen and oxygen atoms in total. The lowest BCUT2D eigenvalue weighted by molar-refractivity contribution is -0.0376. The van der Waals surface area contributed by atoms with E-state index in [0.717, 1.165) is 15.3 Å². The van der Waals surface area contributed by atoms with Crippen molar-refractivity contribution in [2.75, 3.05) is 6.16 Å². The van der Waals surface area contributed by atoms with Gasteiger partial charge >= 0.3 is 13.3 Å². The Kier molecular flexibility index (Phi) is 4.94. The van der Waals surface area contributed by atoms with E-state index in [4.69, 9.17) is 14.5 Å². The minimum atomic E-state index is -4.33. The van der Waals surface area contributed by atoms with Crippen LogP contribution in [0.1, 0.15) is 12.6 Å². The molecular weight excluding hydrogens is 403 g/mol. The Morgan fingerprint density at radius 2 is 1.72 bits per heavy atom. The number of aromatic nitrogens is 2. The van der Waals surface area contributed by atoms with Crippen molar-refractivity contribution >= 4 is 29.3 Å². The molecule has 0 saturated carbocycles. The van der Waals surface area contributed by atoms with Gasteiger partial charge in [0.1, 0.15) is 12.2 Å². The summed E-state index contributed by atoms with van der Waals surface area (Å²) in [6, 6.07) is 10.5. The van der Waals surface area contributed by atoms with Gasteiger partial charge in [0.25, 0.3) is 5.56 Å². The highest BCUT2D eigenvalue weighted by molar-refractivity contribution is 7.51. The van der Waals surface area contributed by atoms with Crippen molar-refractivity contribution in [3.63, 3.8) is 0 Å². The van der Waals surface area contributed by atoms with Gasteiger partial charge < -0.3 is 24.7 Å². The van der Waals surface area contributed by atoms with Crippen LogP contribution in [0.5, 0.6) is 0 Å². The lowest BCUT2D eigenvalue weighted by atomic mass is 10.1. The normalized spacial score (nSPS) is 25.1. The van der Waals surface area contributed by atoms with E-state index in [-0.39, 0.29) is 17.3 Å². The van der Waals surface area contributed by atoms with Gasteiger partial charge in [-0.15, -0.1) is 0 Å². The standard InChI is InChI=1S/C18H19N2O8P/c21-14-13(5-6-29(25,26)27)28-17(15(14)22)20-12-8-10-4-2-1-3-9(10)7-11(12)16(23)19-18(20)24/h1-4,7-8,13-15,17,21-22H,5-6H2,(H,19,23,24)(H2,25,26,27)/t13-,14-,15-,17-/m1/s1. The van der Waals surface area contributed by atoms with E-state index in [2.05, 4.69) is 4.98 Å². The average molecular weight is 422 g/mol. The lowest BCUT2D eigenvalue weighted by Crippen LogP contribution is -2.38. The third-order valence-electron chi connectivity index (χ3n) is 5.10. The fourth-order valence-corrected chi connectivity index (χ4v) is 4.26. The Balaban J connectivity index is 1.83. The molecule has 5 N–H and O–H groups in total. The van der Waals surface area contributed by atoms with E-state index < -0.39 is 49.5 Å². The van der Waals surface area contributed by atoms with Crippen molar-refractivity contribution in [2.45, 2.75) is 31.0 Å². The summed E-state index contributed by atoms with van der Waals surface area (Å²) in [5, 5.41) is 22.5. The molecule has 1 aromatic heterocycles. The molecule has 4 atom stereocenters. The maximum Gasteiger partial charge on any atom is 0.331 e. The fraction of sp³-hybridized carbons (Fsp3) is 0.333. The second kappa shape index (κ2) is 7.17. The lowest BCUT2D eigenvalue weighted by Gasteiger charge is -2.20. The Labute approximate surface area is 163 Å². The number of ether oxygens (including phenoxy) is 1. The molecule has 1 aliphatic rings. The number of aromatic amines is 1. The van der Waals surface area contributed by atoms with Crippen LogP contribution in [-0.4, -0.2) is 54.0 Å². The zero-order valence-electron chi connectivity index (χ0n) is 15.0. The minimum Gasteiger partial charge on any atom is -0.388 e. The second-order valence-electron chi connectivity index (χ2n) is 7.07. The van der Waals surface area contributed by atoms with Gasteiger partial charge in [0.2, 0.25) is 0 Å². The first kappa shape index (κ1) is 20.0. The number of nitrogens with one attached hydrogen (secondary N) is 1. The predicted molar refractivity (Wildman–Crippen MR) is 104 cm³/mol. The third kappa shape index (κ3) is 3.66. The van der Waals surface area contributed by atoms with Crippen LogP contribution in [0.4, 0.5) is 0 Å². The molecule has 0 unspecified atom stereocenters. The maximum absolute atomic E-state index is 12.6. The molecule has 1 saturated heterocycles. The van der Waals surface area contributed by atoms with Gasteiger partial charge in [-0.05, 0) is 29.3 Å². The highest BCUT2D eigenvalue weighted by atomic mass is 31.2. The highest BCUT2D eigenvalue weighted by Gasteiger charge is 2.45. The summed E-state index contributed by atoms with van der Waals surface area (Å²) >= 11 is 0. The van der Waals surface area contributed by atoms with Gasteiger partial charge in [-0.3, -0.25) is 18.9 Å². The van der Waals surface area contributed by atoms with Crippen molar-refractivity contribution < 1.29 is 29.3 Å². The monoisotopic (exact) mass is 422 g/mol. The number of nitrogens with zero attached hydrogens (tertiary/aromatic N) is 1. The molecule has 3 aromatic rings. The Bertz CT molecular complexity index is 1250. The molecule has 29 heavy (non-hydrogen) atoms. The van der Waals surface area contributed by atoms with Crippen LogP contribution in [-0.2, 0) is 9.30 Å². The Hall–Kier alpha value is -2.33. The average Bonchev–Trinajstić information content (AvgIpc) is 2.93. The highest BCUT2D eigenvalue weighted by Crippen LogP contribution is 2.39. The molecule has 0 radical (unpaired) electrons. The van der Waals surface area contributed by atoms with Crippen LogP contribution in [0, 0.1) is 0 Å². The number of aliphatic hydroxyl groups is 2. The predicted octanol–water partition coefficient (Wildman–Crippen LogP) is 0.0300. The van der Waals surface area contributed by atoms with Crippen molar-refractivity contribution in [3.05, 3.63) is 57.2 Å².